The van der Waals surface area contributed by atoms with E-state index in [1.807, 2.05) is 0 Å². The third-order valence-corrected chi connectivity index (χ3v) is 2.88. The Morgan fingerprint density at radius 1 is 1.29 bits per heavy atom. The van der Waals surface area contributed by atoms with Gasteiger partial charge in [0.25, 0.3) is 5.56 Å². The van der Waals surface area contributed by atoms with Crippen LogP contribution in [0.1, 0.15) is 52.0 Å². The van der Waals surface area contributed by atoms with Crippen LogP contribution < -0.4 is 17.0 Å². The number of nitrogens with zero attached hydrogens (tertiary/aromatic N) is 1. The summed E-state index contributed by atoms with van der Waals surface area (Å²) in [4.78, 5) is 25.1. The van der Waals surface area contributed by atoms with Crippen molar-refractivity contribution in [2.45, 2.75) is 52.0 Å². The molecule has 5 nitrogen and oxygen atoms in total. The van der Waals surface area contributed by atoms with Gasteiger partial charge in [0.1, 0.15) is 5.82 Å². The molecule has 0 aliphatic rings. The predicted molar refractivity (Wildman–Crippen MR) is 69.2 cm³/mol. The predicted octanol–water partition coefficient (Wildman–Crippen LogP) is 1.65. The van der Waals surface area contributed by atoms with E-state index in [-0.39, 0.29) is 11.9 Å². The first kappa shape index (κ1) is 13.5. The van der Waals surface area contributed by atoms with Crippen LogP contribution in [0.3, 0.4) is 0 Å². The molecule has 1 unspecified atom stereocenters. The SMILES string of the molecule is CCCCC(CCC)n1c(N)cc(=O)[nH]c1=O. The lowest BCUT2D eigenvalue weighted by atomic mass is 10.0. The number of hydrogen-bond donors (Lipinski definition) is 2. The molecule has 1 heterocycles. The van der Waals surface area contributed by atoms with Crippen LogP contribution in [-0.2, 0) is 0 Å². The van der Waals surface area contributed by atoms with Crippen LogP contribution in [0, 0.1) is 0 Å². The highest BCUT2D eigenvalue weighted by Gasteiger charge is 2.14. The topological polar surface area (TPSA) is 80.9 Å². The van der Waals surface area contributed by atoms with Gasteiger partial charge in [-0.2, -0.15) is 0 Å². The second-order valence-corrected chi connectivity index (χ2v) is 4.32. The maximum atomic E-state index is 11.8. The zero-order valence-electron chi connectivity index (χ0n) is 10.5. The molecule has 3 N–H and O–H groups in total. The molecular weight excluding hydrogens is 218 g/mol. The largest absolute Gasteiger partial charge is 0.385 e. The lowest BCUT2D eigenvalue weighted by molar-refractivity contribution is 0.406. The fourth-order valence-electron chi connectivity index (χ4n) is 2.07. The van der Waals surface area contributed by atoms with Gasteiger partial charge in [-0.3, -0.25) is 14.3 Å². The summed E-state index contributed by atoms with van der Waals surface area (Å²) in [6, 6.07) is 1.36. The summed E-state index contributed by atoms with van der Waals surface area (Å²) < 4.78 is 1.51. The van der Waals surface area contributed by atoms with Crippen LogP contribution >= 0.6 is 0 Å². The van der Waals surface area contributed by atoms with Crippen molar-refractivity contribution in [3.05, 3.63) is 26.9 Å². The average Bonchev–Trinajstić information content (AvgIpc) is 2.24. The Hall–Kier alpha value is -1.52. The molecule has 1 aromatic rings. The minimum Gasteiger partial charge on any atom is -0.385 e. The minimum absolute atomic E-state index is 0.0873. The summed E-state index contributed by atoms with van der Waals surface area (Å²) in [5, 5.41) is 0. The Balaban J connectivity index is 3.09. The molecule has 5 heteroatoms. The first-order valence-corrected chi connectivity index (χ1v) is 6.21. The van der Waals surface area contributed by atoms with E-state index >= 15 is 0 Å². The summed E-state index contributed by atoms with van der Waals surface area (Å²) >= 11 is 0. The van der Waals surface area contributed by atoms with Crippen LogP contribution in [0.25, 0.3) is 0 Å². The van der Waals surface area contributed by atoms with Crippen LogP contribution in [0.15, 0.2) is 15.7 Å². The molecule has 0 saturated heterocycles. The number of nitrogens with one attached hydrogen (secondary N) is 1. The summed E-state index contributed by atoms with van der Waals surface area (Å²) in [7, 11) is 0. The van der Waals surface area contributed by atoms with Crippen molar-refractivity contribution >= 4 is 5.82 Å². The first-order valence-electron chi connectivity index (χ1n) is 6.21. The second kappa shape index (κ2) is 6.27. The van der Waals surface area contributed by atoms with E-state index in [0.29, 0.717) is 0 Å². The fourth-order valence-corrected chi connectivity index (χ4v) is 2.07. The fraction of sp³-hybridized carbons (Fsp3) is 0.667. The Morgan fingerprint density at radius 2 is 2.00 bits per heavy atom. The maximum Gasteiger partial charge on any atom is 0.330 e. The van der Waals surface area contributed by atoms with E-state index in [0.717, 1.165) is 32.1 Å². The van der Waals surface area contributed by atoms with Gasteiger partial charge in [0.05, 0.1) is 0 Å². The van der Waals surface area contributed by atoms with Crippen molar-refractivity contribution < 1.29 is 0 Å². The lowest BCUT2D eigenvalue weighted by Gasteiger charge is -2.20. The molecule has 0 fully saturated rings. The number of unbranched alkanes of at least 4 members (excludes halogenated alkanes) is 1. The minimum atomic E-state index is -0.436. The number of anilines is 1. The van der Waals surface area contributed by atoms with Gasteiger partial charge >= 0.3 is 5.69 Å². The molecule has 0 spiro atoms. The van der Waals surface area contributed by atoms with Crippen molar-refractivity contribution in [3.63, 3.8) is 0 Å². The smallest absolute Gasteiger partial charge is 0.330 e. The van der Waals surface area contributed by atoms with E-state index in [4.69, 9.17) is 5.73 Å². The van der Waals surface area contributed by atoms with Crippen molar-refractivity contribution in [3.8, 4) is 0 Å². The summed E-state index contributed by atoms with van der Waals surface area (Å²) in [5.41, 5.74) is 4.93. The highest BCUT2D eigenvalue weighted by molar-refractivity contribution is 5.27. The van der Waals surface area contributed by atoms with Gasteiger partial charge in [-0.1, -0.05) is 33.1 Å². The zero-order chi connectivity index (χ0) is 12.8. The molecule has 0 bridgehead atoms. The van der Waals surface area contributed by atoms with E-state index in [1.54, 1.807) is 0 Å². The zero-order valence-corrected chi connectivity index (χ0v) is 10.5. The quantitative estimate of drug-likeness (QED) is 0.792. The number of nitrogens with two attached hydrogens (primary N) is 1. The summed E-state index contributed by atoms with van der Waals surface area (Å²) in [6.07, 6.45) is 4.93. The molecule has 0 aromatic carbocycles. The van der Waals surface area contributed by atoms with Gasteiger partial charge in [0.15, 0.2) is 0 Å². The van der Waals surface area contributed by atoms with Crippen LogP contribution in [0.2, 0.25) is 0 Å². The monoisotopic (exact) mass is 239 g/mol. The molecule has 96 valence electrons. The number of hydrogen-bond acceptors (Lipinski definition) is 3. The van der Waals surface area contributed by atoms with E-state index in [1.165, 1.54) is 10.6 Å². The Kier molecular flexibility index (Phi) is 5.00. The Morgan fingerprint density at radius 3 is 2.53 bits per heavy atom. The van der Waals surface area contributed by atoms with Gasteiger partial charge in [-0.15, -0.1) is 0 Å². The molecule has 1 atom stereocenters. The van der Waals surface area contributed by atoms with Crippen molar-refractivity contribution in [2.24, 2.45) is 0 Å². The van der Waals surface area contributed by atoms with Crippen molar-refractivity contribution in [1.82, 2.24) is 9.55 Å². The highest BCUT2D eigenvalue weighted by Crippen LogP contribution is 2.20. The van der Waals surface area contributed by atoms with Crippen LogP contribution in [-0.4, -0.2) is 9.55 Å². The molecule has 0 aliphatic heterocycles. The van der Waals surface area contributed by atoms with Crippen LogP contribution in [0.5, 0.6) is 0 Å². The Bertz CT molecular complexity index is 462. The first-order chi connectivity index (χ1) is 8.10. The normalized spacial score (nSPS) is 12.6. The molecule has 0 saturated carbocycles. The van der Waals surface area contributed by atoms with E-state index in [9.17, 15) is 9.59 Å². The molecule has 17 heavy (non-hydrogen) atoms. The molecule has 1 aromatic heterocycles. The Labute approximate surface area is 101 Å². The molecule has 1 rings (SSSR count). The highest BCUT2D eigenvalue weighted by atomic mass is 16.2. The number of rotatable bonds is 6. The van der Waals surface area contributed by atoms with Gasteiger partial charge < -0.3 is 5.73 Å². The summed E-state index contributed by atoms with van der Waals surface area (Å²) in [6.45, 7) is 4.19. The molecule has 0 radical (unpaired) electrons. The molecule has 0 aliphatic carbocycles. The number of H-pyrrole nitrogens is 1. The molecule has 0 amide bonds. The standard InChI is InChI=1S/C12H21N3O2/c1-3-5-7-9(6-4-2)15-10(13)8-11(16)14-12(15)17/h8-9H,3-7,13H2,1-2H3,(H,14,16,17). The lowest BCUT2D eigenvalue weighted by Crippen LogP contribution is -2.34. The number of aromatic nitrogens is 2. The number of aromatic amines is 1. The van der Waals surface area contributed by atoms with E-state index in [2.05, 4.69) is 18.8 Å². The van der Waals surface area contributed by atoms with Gasteiger partial charge in [-0.05, 0) is 12.8 Å². The second-order valence-electron chi connectivity index (χ2n) is 4.32. The van der Waals surface area contributed by atoms with E-state index < -0.39 is 11.2 Å². The maximum absolute atomic E-state index is 11.8. The van der Waals surface area contributed by atoms with Gasteiger partial charge in [0, 0.05) is 12.1 Å². The summed E-state index contributed by atoms with van der Waals surface area (Å²) in [5.74, 6) is 0.258. The molecular formula is C12H21N3O2. The van der Waals surface area contributed by atoms with Gasteiger partial charge in [-0.25, -0.2) is 4.79 Å². The third kappa shape index (κ3) is 3.47. The van der Waals surface area contributed by atoms with Gasteiger partial charge in [0.2, 0.25) is 0 Å². The van der Waals surface area contributed by atoms with Crippen molar-refractivity contribution in [2.75, 3.05) is 5.73 Å². The number of nitrogen functional groups attached to an aromatic ring is 1. The van der Waals surface area contributed by atoms with Crippen LogP contribution in [0.4, 0.5) is 5.82 Å². The average molecular weight is 239 g/mol. The van der Waals surface area contributed by atoms with Crippen molar-refractivity contribution in [1.29, 1.82) is 0 Å². The third-order valence-electron chi connectivity index (χ3n) is 2.88.